The summed E-state index contributed by atoms with van der Waals surface area (Å²) < 4.78 is 4.84. The summed E-state index contributed by atoms with van der Waals surface area (Å²) in [5.74, 6) is 0.406. The van der Waals surface area contributed by atoms with Crippen LogP contribution in [0.4, 0.5) is 11.4 Å². The van der Waals surface area contributed by atoms with Crippen LogP contribution in [0.5, 0.6) is 0 Å². The number of carbonyl (C=O) groups is 1. The maximum atomic E-state index is 11.3. The summed E-state index contributed by atoms with van der Waals surface area (Å²) in [5, 5.41) is 6.71. The fraction of sp³-hybridized carbons (Fsp3) is 0.182. The van der Waals surface area contributed by atoms with Crippen LogP contribution >= 0.6 is 0 Å². The van der Waals surface area contributed by atoms with Crippen molar-refractivity contribution in [3.05, 3.63) is 35.5 Å². The normalized spacial score (nSPS) is 10.3. The molecule has 1 aromatic heterocycles. The minimum Gasteiger partial charge on any atom is -0.397 e. The number of aromatic nitrogens is 2. The van der Waals surface area contributed by atoms with Crippen LogP contribution in [0.25, 0.3) is 0 Å². The highest BCUT2D eigenvalue weighted by molar-refractivity contribution is 6.01. The van der Waals surface area contributed by atoms with Crippen molar-refractivity contribution in [2.45, 2.75) is 13.5 Å². The first kappa shape index (κ1) is 11.9. The van der Waals surface area contributed by atoms with Crippen LogP contribution in [-0.2, 0) is 6.54 Å². The fourth-order valence-electron chi connectivity index (χ4n) is 1.55. The number of para-hydroxylation sites is 1. The first-order valence-corrected chi connectivity index (χ1v) is 5.29. The van der Waals surface area contributed by atoms with Gasteiger partial charge < -0.3 is 21.3 Å². The minimum atomic E-state index is -0.547. The highest BCUT2D eigenvalue weighted by atomic mass is 16.5. The van der Waals surface area contributed by atoms with E-state index in [1.165, 1.54) is 0 Å². The van der Waals surface area contributed by atoms with Crippen molar-refractivity contribution < 1.29 is 9.32 Å². The Morgan fingerprint density at radius 2 is 2.28 bits per heavy atom. The molecule has 0 bridgehead atoms. The zero-order valence-electron chi connectivity index (χ0n) is 9.80. The third-order valence-electron chi connectivity index (χ3n) is 2.36. The molecule has 2 aromatic rings. The molecule has 7 heteroatoms. The van der Waals surface area contributed by atoms with Crippen LogP contribution in [0.2, 0.25) is 0 Å². The van der Waals surface area contributed by atoms with Crippen LogP contribution in [0.15, 0.2) is 22.7 Å². The summed E-state index contributed by atoms with van der Waals surface area (Å²) in [4.78, 5) is 15.3. The minimum absolute atomic E-state index is 0.297. The molecular formula is C11H13N5O2. The van der Waals surface area contributed by atoms with Crippen molar-refractivity contribution in [1.29, 1.82) is 0 Å². The average molecular weight is 247 g/mol. The quantitative estimate of drug-likeness (QED) is 0.683. The number of hydrogen-bond acceptors (Lipinski definition) is 6. The van der Waals surface area contributed by atoms with E-state index in [0.717, 1.165) is 0 Å². The van der Waals surface area contributed by atoms with Crippen molar-refractivity contribution in [3.8, 4) is 0 Å². The standard InChI is InChI=1S/C11H13N5O2/c1-6-15-9(16-18-6)5-14-10-7(11(13)17)3-2-4-8(10)12/h2-4,14H,5,12H2,1H3,(H2,13,17). The molecular weight excluding hydrogens is 234 g/mol. The van der Waals surface area contributed by atoms with Gasteiger partial charge in [0.1, 0.15) is 0 Å². The molecule has 2 rings (SSSR count). The number of aryl methyl sites for hydroxylation is 1. The van der Waals surface area contributed by atoms with E-state index in [-0.39, 0.29) is 0 Å². The summed E-state index contributed by atoms with van der Waals surface area (Å²) in [7, 11) is 0. The van der Waals surface area contributed by atoms with E-state index in [1.54, 1.807) is 25.1 Å². The van der Waals surface area contributed by atoms with Gasteiger partial charge in [0.15, 0.2) is 5.82 Å². The molecule has 0 aliphatic rings. The SMILES string of the molecule is Cc1nc(CNc2c(N)cccc2C(N)=O)no1. The maximum Gasteiger partial charge on any atom is 0.250 e. The molecule has 0 unspecified atom stereocenters. The van der Waals surface area contributed by atoms with Gasteiger partial charge in [0.25, 0.3) is 5.91 Å². The highest BCUT2D eigenvalue weighted by Crippen LogP contribution is 2.23. The van der Waals surface area contributed by atoms with Gasteiger partial charge in [0, 0.05) is 6.92 Å². The number of primary amides is 1. The van der Waals surface area contributed by atoms with E-state index in [1.807, 2.05) is 0 Å². The fourth-order valence-corrected chi connectivity index (χ4v) is 1.55. The summed E-state index contributed by atoms with van der Waals surface area (Å²) in [5.41, 5.74) is 12.3. The Balaban J connectivity index is 2.20. The Morgan fingerprint density at radius 1 is 1.50 bits per heavy atom. The van der Waals surface area contributed by atoms with Gasteiger partial charge in [-0.05, 0) is 12.1 Å². The molecule has 0 saturated carbocycles. The van der Waals surface area contributed by atoms with Gasteiger partial charge in [-0.25, -0.2) is 0 Å². The molecule has 7 nitrogen and oxygen atoms in total. The van der Waals surface area contributed by atoms with Crippen LogP contribution < -0.4 is 16.8 Å². The molecule has 1 heterocycles. The van der Waals surface area contributed by atoms with Crippen molar-refractivity contribution >= 4 is 17.3 Å². The molecule has 18 heavy (non-hydrogen) atoms. The van der Waals surface area contributed by atoms with Gasteiger partial charge >= 0.3 is 0 Å². The number of nitrogen functional groups attached to an aromatic ring is 1. The molecule has 0 aliphatic carbocycles. The molecule has 1 aromatic carbocycles. The summed E-state index contributed by atoms with van der Waals surface area (Å²) >= 11 is 0. The lowest BCUT2D eigenvalue weighted by molar-refractivity contribution is 0.100. The van der Waals surface area contributed by atoms with Gasteiger partial charge in [-0.2, -0.15) is 4.98 Å². The zero-order chi connectivity index (χ0) is 13.1. The number of nitrogens with two attached hydrogens (primary N) is 2. The van der Waals surface area contributed by atoms with Crippen LogP contribution in [0.1, 0.15) is 22.1 Å². The number of carbonyl (C=O) groups excluding carboxylic acids is 1. The lowest BCUT2D eigenvalue weighted by Crippen LogP contribution is -2.15. The van der Waals surface area contributed by atoms with E-state index in [2.05, 4.69) is 15.5 Å². The van der Waals surface area contributed by atoms with Gasteiger partial charge in [-0.3, -0.25) is 4.79 Å². The van der Waals surface area contributed by atoms with E-state index in [9.17, 15) is 4.79 Å². The predicted molar refractivity (Wildman–Crippen MR) is 65.7 cm³/mol. The van der Waals surface area contributed by atoms with Gasteiger partial charge in [-0.1, -0.05) is 11.2 Å². The van der Waals surface area contributed by atoms with E-state index in [4.69, 9.17) is 16.0 Å². The molecule has 0 aliphatic heterocycles. The molecule has 0 spiro atoms. The topological polar surface area (TPSA) is 120 Å². The summed E-state index contributed by atoms with van der Waals surface area (Å²) in [6, 6.07) is 4.94. The largest absolute Gasteiger partial charge is 0.397 e. The molecule has 0 radical (unpaired) electrons. The molecule has 94 valence electrons. The van der Waals surface area contributed by atoms with Crippen LogP contribution in [0.3, 0.4) is 0 Å². The monoisotopic (exact) mass is 247 g/mol. The number of nitrogens with one attached hydrogen (secondary N) is 1. The van der Waals surface area contributed by atoms with Crippen molar-refractivity contribution in [3.63, 3.8) is 0 Å². The van der Waals surface area contributed by atoms with Crippen molar-refractivity contribution in [2.75, 3.05) is 11.1 Å². The van der Waals surface area contributed by atoms with Crippen molar-refractivity contribution in [2.24, 2.45) is 5.73 Å². The second-order valence-corrected chi connectivity index (χ2v) is 3.72. The number of anilines is 2. The molecule has 5 N–H and O–H groups in total. The zero-order valence-corrected chi connectivity index (χ0v) is 9.80. The number of nitrogens with zero attached hydrogens (tertiary/aromatic N) is 2. The van der Waals surface area contributed by atoms with Crippen LogP contribution in [-0.4, -0.2) is 16.0 Å². The Morgan fingerprint density at radius 3 is 2.89 bits per heavy atom. The number of benzene rings is 1. The van der Waals surface area contributed by atoms with E-state index < -0.39 is 5.91 Å². The Kier molecular flexibility index (Phi) is 3.13. The van der Waals surface area contributed by atoms with Crippen LogP contribution in [0, 0.1) is 6.92 Å². The average Bonchev–Trinajstić information content (AvgIpc) is 2.73. The molecule has 0 saturated heterocycles. The number of rotatable bonds is 4. The smallest absolute Gasteiger partial charge is 0.250 e. The van der Waals surface area contributed by atoms with Gasteiger partial charge in [0.2, 0.25) is 5.89 Å². The van der Waals surface area contributed by atoms with Gasteiger partial charge in [0.05, 0.1) is 23.5 Å². The van der Waals surface area contributed by atoms with E-state index >= 15 is 0 Å². The second kappa shape index (κ2) is 4.74. The second-order valence-electron chi connectivity index (χ2n) is 3.72. The Hall–Kier alpha value is -2.57. The Bertz CT molecular complexity index is 579. The molecule has 0 atom stereocenters. The molecule has 1 amide bonds. The van der Waals surface area contributed by atoms with E-state index in [0.29, 0.717) is 35.2 Å². The maximum absolute atomic E-state index is 11.3. The lowest BCUT2D eigenvalue weighted by Gasteiger charge is -2.10. The lowest BCUT2D eigenvalue weighted by atomic mass is 10.1. The third-order valence-corrected chi connectivity index (χ3v) is 2.36. The third kappa shape index (κ3) is 2.40. The number of hydrogen-bond donors (Lipinski definition) is 3. The summed E-state index contributed by atoms with van der Waals surface area (Å²) in [6.07, 6.45) is 0. The first-order chi connectivity index (χ1) is 8.58. The Labute approximate surface area is 103 Å². The van der Waals surface area contributed by atoms with Crippen molar-refractivity contribution in [1.82, 2.24) is 10.1 Å². The number of amides is 1. The highest BCUT2D eigenvalue weighted by Gasteiger charge is 2.11. The molecule has 0 fully saturated rings. The van der Waals surface area contributed by atoms with Gasteiger partial charge in [-0.15, -0.1) is 0 Å². The predicted octanol–water partition coefficient (Wildman–Crippen LogP) is 0.671. The summed E-state index contributed by atoms with van der Waals surface area (Å²) in [6.45, 7) is 1.99. The first-order valence-electron chi connectivity index (χ1n) is 5.29.